The zero-order chi connectivity index (χ0) is 21.7. The van der Waals surface area contributed by atoms with Crippen molar-refractivity contribution in [3.05, 3.63) is 53.6 Å². The molecule has 162 valence electrons. The third kappa shape index (κ3) is 5.28. The molecule has 1 atom stereocenters. The van der Waals surface area contributed by atoms with Gasteiger partial charge in [0, 0.05) is 38.3 Å². The second kappa shape index (κ2) is 9.59. The van der Waals surface area contributed by atoms with E-state index in [1.165, 1.54) is 19.4 Å². The van der Waals surface area contributed by atoms with E-state index < -0.39 is 11.8 Å². The number of hydrogen-bond acceptors (Lipinski definition) is 6. The number of ether oxygens (including phenoxy) is 1. The molecule has 9 nitrogen and oxygen atoms in total. The highest BCUT2D eigenvalue weighted by Gasteiger charge is 2.22. The van der Waals surface area contributed by atoms with Gasteiger partial charge in [-0.05, 0) is 19.1 Å². The summed E-state index contributed by atoms with van der Waals surface area (Å²) in [6.07, 6.45) is 4.40. The molecule has 1 aromatic carbocycles. The summed E-state index contributed by atoms with van der Waals surface area (Å²) in [7, 11) is 1.35. The van der Waals surface area contributed by atoms with Crippen molar-refractivity contribution in [3.63, 3.8) is 0 Å². The van der Waals surface area contributed by atoms with E-state index in [0.29, 0.717) is 44.0 Å². The van der Waals surface area contributed by atoms with Crippen LogP contribution in [0.3, 0.4) is 0 Å². The average molecular weight is 419 g/mol. The lowest BCUT2D eigenvalue weighted by Crippen LogP contribution is -2.48. The van der Waals surface area contributed by atoms with Crippen LogP contribution >= 0.6 is 0 Å². The Labute approximate surface area is 174 Å². The molecule has 3 amide bonds. The number of rotatable bonds is 4. The molecule has 1 aromatic rings. The number of hydroxylamine groups is 2. The number of methoxy groups -OCH3 is 1. The van der Waals surface area contributed by atoms with Gasteiger partial charge >= 0.3 is 12.1 Å². The van der Waals surface area contributed by atoms with Crippen molar-refractivity contribution in [2.24, 2.45) is 0 Å². The number of urea groups is 1. The van der Waals surface area contributed by atoms with E-state index in [2.05, 4.69) is 10.6 Å². The van der Waals surface area contributed by atoms with Crippen LogP contribution < -0.4 is 10.6 Å². The van der Waals surface area contributed by atoms with Crippen molar-refractivity contribution in [1.82, 2.24) is 20.2 Å². The normalized spacial score (nSPS) is 19.3. The van der Waals surface area contributed by atoms with Crippen molar-refractivity contribution >= 4 is 17.8 Å². The van der Waals surface area contributed by atoms with E-state index >= 15 is 0 Å². The summed E-state index contributed by atoms with van der Waals surface area (Å²) in [5.74, 6) is -0.506. The number of nitrogens with zero attached hydrogens (tertiary/aromatic N) is 3. The Balaban J connectivity index is 1.57. The highest BCUT2D eigenvalue weighted by atomic mass is 19.1. The van der Waals surface area contributed by atoms with Crippen molar-refractivity contribution in [3.8, 4) is 0 Å². The molecule has 1 saturated heterocycles. The third-order valence-electron chi connectivity index (χ3n) is 5.03. The minimum atomic E-state index is -0.614. The first-order valence-electron chi connectivity index (χ1n) is 9.65. The molecule has 2 heterocycles. The minimum Gasteiger partial charge on any atom is -0.453 e. The number of carbonyl (C=O) groups is 2. The first-order chi connectivity index (χ1) is 14.4. The molecule has 0 aliphatic carbocycles. The van der Waals surface area contributed by atoms with E-state index in [9.17, 15) is 19.2 Å². The maximum Gasteiger partial charge on any atom is 0.409 e. The van der Waals surface area contributed by atoms with Crippen molar-refractivity contribution in [2.45, 2.75) is 19.5 Å². The lowest BCUT2D eigenvalue weighted by molar-refractivity contribution is -0.0614. The SMILES string of the molecule is COC(=O)N1CCN(Cc2cccc(NC(=O)NC3=CN(O)C(C)C=C3)c2F)CC1. The van der Waals surface area contributed by atoms with E-state index in [4.69, 9.17) is 4.74 Å². The number of carbonyl (C=O) groups excluding carboxylic acids is 2. The maximum atomic E-state index is 14.9. The number of anilines is 1. The van der Waals surface area contributed by atoms with Crippen molar-refractivity contribution < 1.29 is 23.9 Å². The van der Waals surface area contributed by atoms with Gasteiger partial charge in [0.2, 0.25) is 0 Å². The van der Waals surface area contributed by atoms with Gasteiger partial charge in [0.25, 0.3) is 0 Å². The Kier molecular flexibility index (Phi) is 6.91. The summed E-state index contributed by atoms with van der Waals surface area (Å²) >= 11 is 0. The summed E-state index contributed by atoms with van der Waals surface area (Å²) in [5, 5.41) is 15.7. The Hall–Kier alpha value is -3.11. The van der Waals surface area contributed by atoms with Gasteiger partial charge in [0.15, 0.2) is 5.82 Å². The van der Waals surface area contributed by atoms with Crippen LogP contribution in [0.15, 0.2) is 42.2 Å². The van der Waals surface area contributed by atoms with Crippen LogP contribution in [0, 0.1) is 5.82 Å². The Morgan fingerprint density at radius 1 is 1.23 bits per heavy atom. The molecule has 3 N–H and O–H groups in total. The van der Waals surface area contributed by atoms with Gasteiger partial charge in [-0.15, -0.1) is 0 Å². The summed E-state index contributed by atoms with van der Waals surface area (Å²) in [6.45, 7) is 4.38. The molecular formula is C20H26FN5O4. The molecule has 0 radical (unpaired) electrons. The zero-order valence-electron chi connectivity index (χ0n) is 17.0. The number of hydrogen-bond donors (Lipinski definition) is 3. The summed E-state index contributed by atoms with van der Waals surface area (Å²) in [6, 6.07) is 4.02. The van der Waals surface area contributed by atoms with E-state index in [-0.39, 0.29) is 17.8 Å². The largest absolute Gasteiger partial charge is 0.453 e. The van der Waals surface area contributed by atoms with Gasteiger partial charge in [-0.25, -0.2) is 14.0 Å². The zero-order valence-corrected chi connectivity index (χ0v) is 17.0. The topological polar surface area (TPSA) is 97.4 Å². The second-order valence-electron chi connectivity index (χ2n) is 7.16. The van der Waals surface area contributed by atoms with Crippen LogP contribution in [-0.2, 0) is 11.3 Å². The molecule has 0 bridgehead atoms. The van der Waals surface area contributed by atoms with E-state index in [0.717, 1.165) is 5.06 Å². The predicted molar refractivity (Wildman–Crippen MR) is 108 cm³/mol. The lowest BCUT2D eigenvalue weighted by atomic mass is 10.1. The van der Waals surface area contributed by atoms with Crippen LogP contribution in [0.2, 0.25) is 0 Å². The summed E-state index contributed by atoms with van der Waals surface area (Å²) < 4.78 is 19.6. The minimum absolute atomic E-state index is 0.0628. The molecule has 10 heteroatoms. The molecule has 2 aliphatic rings. The van der Waals surface area contributed by atoms with Crippen LogP contribution in [-0.4, -0.2) is 71.5 Å². The van der Waals surface area contributed by atoms with Gasteiger partial charge in [-0.1, -0.05) is 18.2 Å². The van der Waals surface area contributed by atoms with Crippen LogP contribution in [0.4, 0.5) is 19.7 Å². The van der Waals surface area contributed by atoms with Gasteiger partial charge in [-0.3, -0.25) is 15.2 Å². The standard InChI is InChI=1S/C20H26FN5O4/c1-14-6-7-16(13-26(14)29)22-19(27)23-17-5-3-4-15(18(17)21)12-24-8-10-25(11-9-24)20(28)30-2/h3-7,13-14,29H,8-12H2,1-2H3,(H2,22,23,27). The molecule has 3 rings (SSSR count). The Bertz CT molecular complexity index is 852. The van der Waals surface area contributed by atoms with Crippen LogP contribution in [0.5, 0.6) is 0 Å². The number of nitrogens with one attached hydrogen (secondary N) is 2. The Morgan fingerprint density at radius 2 is 1.97 bits per heavy atom. The highest BCUT2D eigenvalue weighted by molar-refractivity contribution is 5.91. The molecule has 2 aliphatic heterocycles. The number of halogens is 1. The number of amides is 3. The van der Waals surface area contributed by atoms with E-state index in [1.807, 2.05) is 4.90 Å². The number of allylic oxidation sites excluding steroid dienone is 1. The fourth-order valence-electron chi connectivity index (χ4n) is 3.25. The van der Waals surface area contributed by atoms with Crippen LogP contribution in [0.1, 0.15) is 12.5 Å². The lowest BCUT2D eigenvalue weighted by Gasteiger charge is -2.33. The Morgan fingerprint density at radius 3 is 2.63 bits per heavy atom. The molecule has 0 saturated carbocycles. The quantitative estimate of drug-likeness (QED) is 0.693. The summed E-state index contributed by atoms with van der Waals surface area (Å²) in [5.41, 5.74) is 0.896. The summed E-state index contributed by atoms with van der Waals surface area (Å²) in [4.78, 5) is 27.4. The highest BCUT2D eigenvalue weighted by Crippen LogP contribution is 2.20. The first-order valence-corrected chi connectivity index (χ1v) is 9.65. The van der Waals surface area contributed by atoms with Crippen molar-refractivity contribution in [1.29, 1.82) is 0 Å². The van der Waals surface area contributed by atoms with Gasteiger partial charge < -0.3 is 20.3 Å². The fourth-order valence-corrected chi connectivity index (χ4v) is 3.25. The molecule has 1 fully saturated rings. The molecule has 0 aromatic heterocycles. The maximum absolute atomic E-state index is 14.9. The fraction of sp³-hybridized carbons (Fsp3) is 0.400. The van der Waals surface area contributed by atoms with Crippen LogP contribution in [0.25, 0.3) is 0 Å². The van der Waals surface area contributed by atoms with E-state index in [1.54, 1.807) is 36.1 Å². The number of benzene rings is 1. The molecule has 30 heavy (non-hydrogen) atoms. The smallest absolute Gasteiger partial charge is 0.409 e. The molecule has 0 spiro atoms. The third-order valence-corrected chi connectivity index (χ3v) is 5.03. The van der Waals surface area contributed by atoms with Gasteiger partial charge in [-0.2, -0.15) is 0 Å². The second-order valence-corrected chi connectivity index (χ2v) is 7.16. The predicted octanol–water partition coefficient (Wildman–Crippen LogP) is 2.32. The van der Waals surface area contributed by atoms with Crippen molar-refractivity contribution in [2.75, 3.05) is 38.6 Å². The monoisotopic (exact) mass is 419 g/mol. The molecular weight excluding hydrogens is 393 g/mol. The number of piperazine rings is 1. The first kappa shape index (κ1) is 21.6. The average Bonchev–Trinajstić information content (AvgIpc) is 2.73. The van der Waals surface area contributed by atoms with Gasteiger partial charge in [0.1, 0.15) is 0 Å². The molecule has 1 unspecified atom stereocenters. The van der Waals surface area contributed by atoms with Gasteiger partial charge in [0.05, 0.1) is 30.7 Å².